The summed E-state index contributed by atoms with van der Waals surface area (Å²) in [6, 6.07) is 3.99. The smallest absolute Gasteiger partial charge is 0.416 e. The molecule has 2 aliphatic heterocycles. The first-order valence-electron chi connectivity index (χ1n) is 9.32. The quantitative estimate of drug-likeness (QED) is 0.825. The van der Waals surface area contributed by atoms with Crippen molar-refractivity contribution < 1.29 is 14.3 Å². The van der Waals surface area contributed by atoms with Crippen LogP contribution in [0.1, 0.15) is 63.5 Å². The summed E-state index contributed by atoms with van der Waals surface area (Å²) in [7, 11) is 0. The molecule has 0 N–H and O–H groups in total. The SMILES string of the molecule is CC(=O)N1CCCC1c1ccnc(N2CC3(CCCCC3)OC2=O)c1. The summed E-state index contributed by atoms with van der Waals surface area (Å²) in [4.78, 5) is 32.3. The van der Waals surface area contributed by atoms with Crippen molar-refractivity contribution in [1.29, 1.82) is 0 Å². The molecule has 134 valence electrons. The van der Waals surface area contributed by atoms with Crippen LogP contribution in [-0.2, 0) is 9.53 Å². The van der Waals surface area contributed by atoms with E-state index in [-0.39, 0.29) is 23.6 Å². The van der Waals surface area contributed by atoms with Gasteiger partial charge in [0.25, 0.3) is 0 Å². The molecule has 25 heavy (non-hydrogen) atoms. The number of nitrogens with zero attached hydrogens (tertiary/aromatic N) is 3. The lowest BCUT2D eigenvalue weighted by atomic mass is 9.85. The Hall–Kier alpha value is -2.11. The molecule has 3 heterocycles. The number of amides is 2. The minimum atomic E-state index is -0.328. The van der Waals surface area contributed by atoms with Gasteiger partial charge in [0.05, 0.1) is 12.6 Å². The molecular weight excluding hydrogens is 318 g/mol. The summed E-state index contributed by atoms with van der Waals surface area (Å²) >= 11 is 0. The number of hydrogen-bond donors (Lipinski definition) is 0. The van der Waals surface area contributed by atoms with Gasteiger partial charge in [-0.2, -0.15) is 0 Å². The summed E-state index contributed by atoms with van der Waals surface area (Å²) in [5, 5.41) is 0. The maximum absolute atomic E-state index is 12.5. The molecule has 1 spiro atoms. The van der Waals surface area contributed by atoms with E-state index in [1.165, 1.54) is 6.42 Å². The fourth-order valence-electron chi connectivity index (χ4n) is 4.54. The molecule has 1 saturated carbocycles. The summed E-state index contributed by atoms with van der Waals surface area (Å²) in [5.74, 6) is 0.739. The Morgan fingerprint density at radius 2 is 2.08 bits per heavy atom. The van der Waals surface area contributed by atoms with Crippen molar-refractivity contribution in [2.24, 2.45) is 0 Å². The van der Waals surface area contributed by atoms with Gasteiger partial charge in [0.2, 0.25) is 5.91 Å². The van der Waals surface area contributed by atoms with Crippen LogP contribution >= 0.6 is 0 Å². The van der Waals surface area contributed by atoms with Crippen LogP contribution in [0.4, 0.5) is 10.6 Å². The molecule has 1 aliphatic carbocycles. The van der Waals surface area contributed by atoms with Gasteiger partial charge in [-0.25, -0.2) is 9.78 Å². The van der Waals surface area contributed by atoms with Crippen LogP contribution in [-0.4, -0.2) is 40.6 Å². The van der Waals surface area contributed by atoms with E-state index in [1.54, 1.807) is 18.0 Å². The maximum Gasteiger partial charge on any atom is 0.416 e. The zero-order valence-corrected chi connectivity index (χ0v) is 14.7. The number of pyridine rings is 1. The first-order valence-corrected chi connectivity index (χ1v) is 9.32. The van der Waals surface area contributed by atoms with Crippen molar-refractivity contribution in [2.45, 2.75) is 63.5 Å². The minimum absolute atomic E-state index is 0.0847. The van der Waals surface area contributed by atoms with Gasteiger partial charge in [0.1, 0.15) is 11.4 Å². The van der Waals surface area contributed by atoms with E-state index in [1.807, 2.05) is 17.0 Å². The van der Waals surface area contributed by atoms with Crippen LogP contribution < -0.4 is 4.90 Å². The van der Waals surface area contributed by atoms with Gasteiger partial charge in [0.15, 0.2) is 0 Å². The topological polar surface area (TPSA) is 62.7 Å². The Morgan fingerprint density at radius 1 is 1.28 bits per heavy atom. The molecule has 1 unspecified atom stereocenters. The van der Waals surface area contributed by atoms with Gasteiger partial charge < -0.3 is 9.64 Å². The standard InChI is InChI=1S/C19H25N3O3/c1-14(23)21-11-5-6-16(21)15-7-10-20-17(12-15)22-13-19(25-18(22)24)8-3-2-4-9-19/h7,10,12,16H,2-6,8-9,11,13H2,1H3. The van der Waals surface area contributed by atoms with Gasteiger partial charge in [-0.3, -0.25) is 9.69 Å². The predicted octanol–water partition coefficient (Wildman–Crippen LogP) is 3.42. The third-order valence-corrected chi connectivity index (χ3v) is 5.82. The molecule has 3 aliphatic rings. The Balaban J connectivity index is 1.57. The largest absolute Gasteiger partial charge is 0.441 e. The van der Waals surface area contributed by atoms with Crippen molar-refractivity contribution in [3.05, 3.63) is 23.9 Å². The first kappa shape index (κ1) is 16.4. The lowest BCUT2D eigenvalue weighted by Gasteiger charge is -2.30. The van der Waals surface area contributed by atoms with Crippen molar-refractivity contribution >= 4 is 17.8 Å². The second-order valence-electron chi connectivity index (χ2n) is 7.52. The molecule has 0 radical (unpaired) electrons. The normalized spacial score (nSPS) is 25.5. The maximum atomic E-state index is 12.5. The van der Waals surface area contributed by atoms with E-state index >= 15 is 0 Å². The van der Waals surface area contributed by atoms with Gasteiger partial charge >= 0.3 is 6.09 Å². The molecule has 1 aromatic heterocycles. The molecule has 0 aromatic carbocycles. The first-order chi connectivity index (χ1) is 12.1. The van der Waals surface area contributed by atoms with Gasteiger partial charge in [-0.05, 0) is 56.2 Å². The lowest BCUT2D eigenvalue weighted by Crippen LogP contribution is -2.36. The third kappa shape index (κ3) is 2.98. The predicted molar refractivity (Wildman–Crippen MR) is 93.2 cm³/mol. The number of hydrogen-bond acceptors (Lipinski definition) is 4. The van der Waals surface area contributed by atoms with Crippen LogP contribution in [0.3, 0.4) is 0 Å². The summed E-state index contributed by atoms with van der Waals surface area (Å²) in [5.41, 5.74) is 0.723. The average molecular weight is 343 g/mol. The van der Waals surface area contributed by atoms with Gasteiger partial charge in [-0.15, -0.1) is 0 Å². The van der Waals surface area contributed by atoms with Crippen LogP contribution in [0.2, 0.25) is 0 Å². The molecule has 0 bridgehead atoms. The zero-order valence-electron chi connectivity index (χ0n) is 14.7. The molecule has 2 saturated heterocycles. The van der Waals surface area contributed by atoms with Gasteiger partial charge in [0, 0.05) is 19.7 Å². The van der Waals surface area contributed by atoms with Crippen LogP contribution in [0, 0.1) is 0 Å². The fraction of sp³-hybridized carbons (Fsp3) is 0.632. The second kappa shape index (κ2) is 6.32. The Kier molecular flexibility index (Phi) is 4.13. The molecule has 2 amide bonds. The number of rotatable bonds is 2. The Morgan fingerprint density at radius 3 is 2.84 bits per heavy atom. The number of carbonyl (C=O) groups is 2. The lowest BCUT2D eigenvalue weighted by molar-refractivity contribution is -0.129. The van der Waals surface area contributed by atoms with E-state index < -0.39 is 0 Å². The highest BCUT2D eigenvalue weighted by atomic mass is 16.6. The highest BCUT2D eigenvalue weighted by molar-refractivity contribution is 5.89. The number of likely N-dealkylation sites (tertiary alicyclic amines) is 1. The van der Waals surface area contributed by atoms with E-state index in [2.05, 4.69) is 4.98 Å². The summed E-state index contributed by atoms with van der Waals surface area (Å²) in [6.07, 6.45) is 8.74. The molecule has 3 fully saturated rings. The van der Waals surface area contributed by atoms with E-state index in [4.69, 9.17) is 4.74 Å². The Bertz CT molecular complexity index is 684. The second-order valence-corrected chi connectivity index (χ2v) is 7.52. The van der Waals surface area contributed by atoms with E-state index in [9.17, 15) is 9.59 Å². The molecule has 1 aromatic rings. The molecule has 6 nitrogen and oxygen atoms in total. The fourth-order valence-corrected chi connectivity index (χ4v) is 4.54. The summed E-state index contributed by atoms with van der Waals surface area (Å²) in [6.45, 7) is 3.00. The van der Waals surface area contributed by atoms with Crippen molar-refractivity contribution in [3.63, 3.8) is 0 Å². The van der Waals surface area contributed by atoms with Crippen molar-refractivity contribution in [2.75, 3.05) is 18.0 Å². The molecular formula is C19H25N3O3. The third-order valence-electron chi connectivity index (χ3n) is 5.82. The van der Waals surface area contributed by atoms with Crippen LogP contribution in [0.25, 0.3) is 0 Å². The highest BCUT2D eigenvalue weighted by Gasteiger charge is 2.46. The minimum Gasteiger partial charge on any atom is -0.441 e. The van der Waals surface area contributed by atoms with E-state index in [0.717, 1.165) is 50.6 Å². The van der Waals surface area contributed by atoms with E-state index in [0.29, 0.717) is 12.4 Å². The summed E-state index contributed by atoms with van der Waals surface area (Å²) < 4.78 is 5.76. The Labute approximate surface area is 148 Å². The zero-order chi connectivity index (χ0) is 17.4. The van der Waals surface area contributed by atoms with Crippen LogP contribution in [0.5, 0.6) is 0 Å². The molecule has 4 rings (SSSR count). The number of anilines is 1. The number of carbonyl (C=O) groups excluding carboxylic acids is 2. The van der Waals surface area contributed by atoms with Crippen molar-refractivity contribution in [1.82, 2.24) is 9.88 Å². The number of ether oxygens (including phenoxy) is 1. The number of aromatic nitrogens is 1. The highest BCUT2D eigenvalue weighted by Crippen LogP contribution is 2.39. The molecule has 1 atom stereocenters. The van der Waals surface area contributed by atoms with Crippen LogP contribution in [0.15, 0.2) is 18.3 Å². The average Bonchev–Trinajstić information content (AvgIpc) is 3.21. The van der Waals surface area contributed by atoms with Gasteiger partial charge in [-0.1, -0.05) is 6.42 Å². The van der Waals surface area contributed by atoms with Crippen molar-refractivity contribution in [3.8, 4) is 0 Å². The molecule has 6 heteroatoms. The monoisotopic (exact) mass is 343 g/mol.